The number of Topliss-reactive ketones (excluding diaryl/α,β-unsaturated/α-hetero) is 1. The molecule has 252 valence electrons. The summed E-state index contributed by atoms with van der Waals surface area (Å²) in [5.74, 6) is 4.00. The van der Waals surface area contributed by atoms with Crippen LogP contribution in [-0.2, 0) is 9.59 Å². The van der Waals surface area contributed by atoms with Crippen LogP contribution in [0.15, 0.2) is 41.5 Å². The molecule has 0 spiro atoms. The van der Waals surface area contributed by atoms with E-state index in [1.54, 1.807) is 6.08 Å². The summed E-state index contributed by atoms with van der Waals surface area (Å²) in [4.78, 5) is 46.0. The number of hydrogen-bond acceptors (Lipinski definition) is 9. The molecule has 0 bridgehead atoms. The van der Waals surface area contributed by atoms with Gasteiger partial charge in [0.2, 0.25) is 5.95 Å². The summed E-state index contributed by atoms with van der Waals surface area (Å²) in [6, 6.07) is 2.19. The van der Waals surface area contributed by atoms with Crippen LogP contribution < -0.4 is 14.7 Å². The lowest BCUT2D eigenvalue weighted by molar-refractivity contribution is -0.130. The summed E-state index contributed by atoms with van der Waals surface area (Å²) in [5.41, 5.74) is 2.34. The van der Waals surface area contributed by atoms with Crippen molar-refractivity contribution < 1.29 is 14.7 Å². The Morgan fingerprint density at radius 3 is 2.28 bits per heavy atom. The van der Waals surface area contributed by atoms with E-state index >= 15 is 0 Å². The number of anilines is 3. The topological polar surface area (TPSA) is 93.1 Å². The quantitative estimate of drug-likeness (QED) is 0.435. The van der Waals surface area contributed by atoms with E-state index in [0.29, 0.717) is 24.2 Å². The molecule has 6 atom stereocenters. The fraction of sp³-hybridized carbons (Fsp3) is 0.684. The van der Waals surface area contributed by atoms with Crippen molar-refractivity contribution >= 4 is 29.2 Å². The average Bonchev–Trinajstić information content (AvgIpc) is 3.86. The normalized spacial score (nSPS) is 35.5. The highest BCUT2D eigenvalue weighted by molar-refractivity contribution is 6.01. The minimum Gasteiger partial charge on any atom is -0.396 e. The molecule has 4 heterocycles. The predicted octanol–water partition coefficient (Wildman–Crippen LogP) is 4.43. The first-order chi connectivity index (χ1) is 22.8. The second-order valence-corrected chi connectivity index (χ2v) is 15.9. The van der Waals surface area contributed by atoms with E-state index in [1.165, 1.54) is 36.8 Å². The summed E-state index contributed by atoms with van der Waals surface area (Å²) >= 11 is 0. The Hall–Kier alpha value is -3.04. The number of carbonyl (C=O) groups excluding carboxylic acids is 2. The molecule has 2 saturated carbocycles. The third-order valence-electron chi connectivity index (χ3n) is 13.3. The van der Waals surface area contributed by atoms with Gasteiger partial charge in [-0.2, -0.15) is 9.97 Å². The Morgan fingerprint density at radius 2 is 1.60 bits per heavy atom. The third kappa shape index (κ3) is 5.36. The number of piperazine rings is 1. The van der Waals surface area contributed by atoms with Crippen molar-refractivity contribution in [2.75, 3.05) is 80.2 Å². The fourth-order valence-electron chi connectivity index (χ4n) is 10.7. The first-order valence-corrected chi connectivity index (χ1v) is 18.4. The highest BCUT2D eigenvalue weighted by atomic mass is 16.3. The van der Waals surface area contributed by atoms with Crippen molar-refractivity contribution in [1.82, 2.24) is 14.9 Å². The van der Waals surface area contributed by atoms with Gasteiger partial charge < -0.3 is 19.8 Å². The maximum Gasteiger partial charge on any atom is 0.229 e. The predicted molar refractivity (Wildman–Crippen MR) is 185 cm³/mol. The SMILES string of the molecule is C[C@]12C=CC(=O)C=C1CC[C@@H]1C2=CC[C@@]2(C)[C@H]1C[C@@H](CO)[C@@H]2C(=O)CN1CCN(c2cc(N3CCCC3)nc(N3CCCC3)n2)CC1. The van der Waals surface area contributed by atoms with Gasteiger partial charge in [-0.25, -0.2) is 0 Å². The molecule has 3 aliphatic heterocycles. The number of aliphatic hydroxyl groups excluding tert-OH is 1. The van der Waals surface area contributed by atoms with Crippen molar-refractivity contribution in [1.29, 1.82) is 0 Å². The van der Waals surface area contributed by atoms with Gasteiger partial charge in [0.15, 0.2) is 11.6 Å². The average molecular weight is 641 g/mol. The van der Waals surface area contributed by atoms with Crippen LogP contribution in [0.4, 0.5) is 17.6 Å². The molecule has 0 aromatic carbocycles. The second-order valence-electron chi connectivity index (χ2n) is 15.9. The molecule has 1 aromatic heterocycles. The van der Waals surface area contributed by atoms with Crippen molar-refractivity contribution in [3.05, 3.63) is 41.5 Å². The van der Waals surface area contributed by atoms with Crippen LogP contribution in [0.3, 0.4) is 0 Å². The summed E-state index contributed by atoms with van der Waals surface area (Å²) in [5, 5.41) is 10.6. The Kier molecular flexibility index (Phi) is 8.06. The second kappa shape index (κ2) is 12.1. The molecule has 0 unspecified atom stereocenters. The molecular weight excluding hydrogens is 588 g/mol. The van der Waals surface area contributed by atoms with Crippen molar-refractivity contribution in [3.8, 4) is 0 Å². The molecule has 9 nitrogen and oxygen atoms in total. The number of carbonyl (C=O) groups is 2. The van der Waals surface area contributed by atoms with Gasteiger partial charge in [-0.15, -0.1) is 0 Å². The van der Waals surface area contributed by atoms with E-state index in [2.05, 4.69) is 51.7 Å². The number of aliphatic hydroxyl groups is 1. The van der Waals surface area contributed by atoms with Crippen molar-refractivity contribution in [2.24, 2.45) is 34.5 Å². The first-order valence-electron chi connectivity index (χ1n) is 18.4. The molecule has 47 heavy (non-hydrogen) atoms. The van der Waals surface area contributed by atoms with Gasteiger partial charge in [-0.05, 0) is 93.6 Å². The number of allylic oxidation sites excluding steroid dienone is 6. The van der Waals surface area contributed by atoms with Crippen LogP contribution in [0.25, 0.3) is 0 Å². The Labute approximate surface area is 279 Å². The summed E-state index contributed by atoms with van der Waals surface area (Å²) in [6.45, 7) is 12.7. The molecule has 0 amide bonds. The van der Waals surface area contributed by atoms with Crippen LogP contribution in [0, 0.1) is 34.5 Å². The number of ketones is 2. The molecule has 1 aromatic rings. The smallest absolute Gasteiger partial charge is 0.229 e. The zero-order valence-corrected chi connectivity index (χ0v) is 28.4. The van der Waals surface area contributed by atoms with Gasteiger partial charge >= 0.3 is 0 Å². The third-order valence-corrected chi connectivity index (χ3v) is 13.3. The number of aromatic nitrogens is 2. The van der Waals surface area contributed by atoms with Gasteiger partial charge in [-0.1, -0.05) is 30.2 Å². The standard InChI is InChI=1S/C38H52N6O3/c1-37-11-9-28(46)22-27(37)7-8-29-30(37)10-12-38(2)31(29)21-26(25-45)35(38)32(47)24-41-17-19-43(20-18-41)34-23-33(42-13-3-4-14-42)39-36(40-34)44-15-5-6-16-44/h9-11,22-23,26,29,31,35,45H,3-8,12-21,24-25H2,1-2H3/t26-,29+,31-,35+,37-,38-/m0/s1. The van der Waals surface area contributed by atoms with Crippen LogP contribution in [0.2, 0.25) is 0 Å². The molecule has 3 saturated heterocycles. The molecule has 1 N–H and O–H groups in total. The fourth-order valence-corrected chi connectivity index (χ4v) is 10.7. The lowest BCUT2D eigenvalue weighted by Gasteiger charge is -2.52. The summed E-state index contributed by atoms with van der Waals surface area (Å²) in [7, 11) is 0. The maximum absolute atomic E-state index is 14.3. The zero-order chi connectivity index (χ0) is 32.3. The van der Waals surface area contributed by atoms with Crippen molar-refractivity contribution in [2.45, 2.75) is 65.2 Å². The summed E-state index contributed by atoms with van der Waals surface area (Å²) < 4.78 is 0. The Balaban J connectivity index is 0.960. The van der Waals surface area contributed by atoms with E-state index in [0.717, 1.165) is 95.6 Å². The monoisotopic (exact) mass is 640 g/mol. The minimum atomic E-state index is -0.192. The zero-order valence-electron chi connectivity index (χ0n) is 28.4. The van der Waals surface area contributed by atoms with Gasteiger partial charge in [0.1, 0.15) is 11.6 Å². The van der Waals surface area contributed by atoms with Crippen LogP contribution in [0.5, 0.6) is 0 Å². The minimum absolute atomic E-state index is 0.00814. The highest BCUT2D eigenvalue weighted by Crippen LogP contribution is 2.65. The maximum atomic E-state index is 14.3. The van der Waals surface area contributed by atoms with E-state index < -0.39 is 0 Å². The van der Waals surface area contributed by atoms with Crippen LogP contribution in [-0.4, -0.2) is 97.1 Å². The van der Waals surface area contributed by atoms with Crippen LogP contribution >= 0.6 is 0 Å². The van der Waals surface area contributed by atoms with E-state index in [4.69, 9.17) is 9.97 Å². The molecule has 9 heteroatoms. The van der Waals surface area contributed by atoms with Crippen molar-refractivity contribution in [3.63, 3.8) is 0 Å². The summed E-state index contributed by atoms with van der Waals surface area (Å²) in [6.07, 6.45) is 16.7. The largest absolute Gasteiger partial charge is 0.396 e. The van der Waals surface area contributed by atoms with E-state index in [9.17, 15) is 14.7 Å². The molecule has 0 radical (unpaired) electrons. The van der Waals surface area contributed by atoms with Gasteiger partial charge in [0, 0.05) is 76.4 Å². The number of fused-ring (bicyclic) bond motifs is 5. The van der Waals surface area contributed by atoms with E-state index in [1.807, 2.05) is 6.08 Å². The number of hydrogen-bond donors (Lipinski definition) is 1. The first kappa shape index (κ1) is 31.2. The highest BCUT2D eigenvalue weighted by Gasteiger charge is 2.60. The molecule has 5 fully saturated rings. The van der Waals surface area contributed by atoms with E-state index in [-0.39, 0.29) is 35.1 Å². The molecular formula is C38H52N6O3. The molecule has 4 aliphatic carbocycles. The number of nitrogens with zero attached hydrogens (tertiary/aromatic N) is 6. The van der Waals surface area contributed by atoms with Gasteiger partial charge in [-0.3, -0.25) is 14.5 Å². The lowest BCUT2D eigenvalue weighted by atomic mass is 9.52. The van der Waals surface area contributed by atoms with Gasteiger partial charge in [0.05, 0.1) is 6.54 Å². The number of rotatable bonds is 7. The lowest BCUT2D eigenvalue weighted by Crippen LogP contribution is -2.51. The van der Waals surface area contributed by atoms with Gasteiger partial charge in [0.25, 0.3) is 0 Å². The molecule has 7 aliphatic rings. The Morgan fingerprint density at radius 1 is 0.936 bits per heavy atom. The molecule has 8 rings (SSSR count). The Bertz CT molecular complexity index is 1470. The van der Waals surface area contributed by atoms with Crippen LogP contribution in [0.1, 0.15) is 65.2 Å².